The fourth-order valence-electron chi connectivity index (χ4n) is 1.22. The Morgan fingerprint density at radius 1 is 1.43 bits per heavy atom. The Morgan fingerprint density at radius 2 is 2.21 bits per heavy atom. The van der Waals surface area contributed by atoms with Crippen LogP contribution in [0, 0.1) is 0 Å². The minimum absolute atomic E-state index is 0.504. The Morgan fingerprint density at radius 3 is 2.86 bits per heavy atom. The first kappa shape index (κ1) is 11.0. The number of hydrogen-bond donors (Lipinski definition) is 2. The maximum absolute atomic E-state index is 4.30. The molecule has 0 unspecified atom stereocenters. The van der Waals surface area contributed by atoms with E-state index in [1.54, 1.807) is 0 Å². The van der Waals surface area contributed by atoms with Crippen molar-refractivity contribution in [1.82, 2.24) is 10.3 Å². The number of nitrogens with zero attached hydrogens (tertiary/aromatic N) is 1. The van der Waals surface area contributed by atoms with Crippen molar-refractivity contribution in [2.45, 2.75) is 33.4 Å². The van der Waals surface area contributed by atoms with Crippen molar-refractivity contribution in [3.05, 3.63) is 23.9 Å². The molecule has 0 atom stereocenters. The Balaban J connectivity index is 2.64. The van der Waals surface area contributed by atoms with Crippen LogP contribution in [-0.2, 0) is 6.54 Å². The zero-order chi connectivity index (χ0) is 10.4. The highest BCUT2D eigenvalue weighted by Gasteiger charge is 2.01. The third-order valence-corrected chi connectivity index (χ3v) is 1.94. The van der Waals surface area contributed by atoms with E-state index < -0.39 is 0 Å². The van der Waals surface area contributed by atoms with Gasteiger partial charge in [-0.3, -0.25) is 0 Å². The van der Waals surface area contributed by atoms with Crippen molar-refractivity contribution in [3.8, 4) is 0 Å². The maximum Gasteiger partial charge on any atom is 0.130 e. The molecule has 0 fully saturated rings. The van der Waals surface area contributed by atoms with Gasteiger partial charge in [0.15, 0.2) is 0 Å². The van der Waals surface area contributed by atoms with Crippen LogP contribution in [0.25, 0.3) is 0 Å². The van der Waals surface area contributed by atoms with Crippen molar-refractivity contribution in [2.75, 3.05) is 11.9 Å². The average Bonchev–Trinajstić information content (AvgIpc) is 2.17. The molecular formula is C11H19N3. The van der Waals surface area contributed by atoms with Gasteiger partial charge in [-0.1, -0.05) is 19.9 Å². The summed E-state index contributed by atoms with van der Waals surface area (Å²) < 4.78 is 0. The lowest BCUT2D eigenvalue weighted by atomic mass is 10.2. The molecule has 3 nitrogen and oxygen atoms in total. The smallest absolute Gasteiger partial charge is 0.130 e. The van der Waals surface area contributed by atoms with E-state index in [1.807, 2.05) is 12.3 Å². The molecule has 0 aromatic carbocycles. The van der Waals surface area contributed by atoms with Crippen LogP contribution in [0.1, 0.15) is 26.3 Å². The first-order chi connectivity index (χ1) is 6.74. The maximum atomic E-state index is 4.30. The molecule has 3 heteroatoms. The van der Waals surface area contributed by atoms with Gasteiger partial charge in [0.05, 0.1) is 0 Å². The molecule has 2 N–H and O–H groups in total. The fraction of sp³-hybridized carbons (Fsp3) is 0.545. The molecule has 0 spiro atoms. The summed E-state index contributed by atoms with van der Waals surface area (Å²) in [7, 11) is 0. The number of rotatable bonds is 5. The number of anilines is 1. The van der Waals surface area contributed by atoms with Gasteiger partial charge in [-0.25, -0.2) is 4.98 Å². The number of nitrogens with one attached hydrogen (secondary N) is 2. The lowest BCUT2D eigenvalue weighted by Crippen LogP contribution is -2.22. The van der Waals surface area contributed by atoms with Gasteiger partial charge in [0, 0.05) is 30.9 Å². The third kappa shape index (κ3) is 3.34. The zero-order valence-electron chi connectivity index (χ0n) is 9.17. The van der Waals surface area contributed by atoms with Gasteiger partial charge in [-0.05, 0) is 13.0 Å². The Hall–Kier alpha value is -1.09. The van der Waals surface area contributed by atoms with Crippen LogP contribution in [0.5, 0.6) is 0 Å². The van der Waals surface area contributed by atoms with Crippen molar-refractivity contribution < 1.29 is 0 Å². The summed E-state index contributed by atoms with van der Waals surface area (Å²) in [5.74, 6) is 0.989. The number of aromatic nitrogens is 1. The van der Waals surface area contributed by atoms with E-state index in [-0.39, 0.29) is 0 Å². The summed E-state index contributed by atoms with van der Waals surface area (Å²) in [5.41, 5.74) is 1.23. The summed E-state index contributed by atoms with van der Waals surface area (Å²) in [6, 6.07) is 4.57. The highest BCUT2D eigenvalue weighted by molar-refractivity contribution is 5.43. The number of hydrogen-bond acceptors (Lipinski definition) is 3. The van der Waals surface area contributed by atoms with Gasteiger partial charge in [-0.2, -0.15) is 0 Å². The topological polar surface area (TPSA) is 37.0 Å². The molecule has 1 heterocycles. The van der Waals surface area contributed by atoms with Crippen LogP contribution in [-0.4, -0.2) is 17.6 Å². The van der Waals surface area contributed by atoms with E-state index in [1.165, 1.54) is 5.56 Å². The summed E-state index contributed by atoms with van der Waals surface area (Å²) in [6.07, 6.45) is 1.82. The van der Waals surface area contributed by atoms with Crippen molar-refractivity contribution in [1.29, 1.82) is 0 Å². The SMILES string of the molecule is CCNc1ncccc1CNC(C)C. The summed E-state index contributed by atoms with van der Waals surface area (Å²) in [4.78, 5) is 4.30. The predicted molar refractivity (Wildman–Crippen MR) is 60.4 cm³/mol. The molecule has 0 saturated carbocycles. The van der Waals surface area contributed by atoms with Crippen LogP contribution in [0.2, 0.25) is 0 Å². The third-order valence-electron chi connectivity index (χ3n) is 1.94. The molecule has 1 aromatic rings. The van der Waals surface area contributed by atoms with Gasteiger partial charge in [0.1, 0.15) is 5.82 Å². The summed E-state index contributed by atoms with van der Waals surface area (Å²) >= 11 is 0. The van der Waals surface area contributed by atoms with E-state index >= 15 is 0 Å². The monoisotopic (exact) mass is 193 g/mol. The second-order valence-corrected chi connectivity index (χ2v) is 3.58. The first-order valence-electron chi connectivity index (χ1n) is 5.15. The normalized spacial score (nSPS) is 10.6. The zero-order valence-corrected chi connectivity index (χ0v) is 9.17. The summed E-state index contributed by atoms with van der Waals surface area (Å²) in [6.45, 7) is 8.14. The number of pyridine rings is 1. The molecule has 0 bridgehead atoms. The Bertz CT molecular complexity index is 271. The minimum Gasteiger partial charge on any atom is -0.370 e. The molecule has 0 aliphatic heterocycles. The van der Waals surface area contributed by atoms with Crippen LogP contribution in [0.3, 0.4) is 0 Å². The van der Waals surface area contributed by atoms with Crippen molar-refractivity contribution >= 4 is 5.82 Å². The standard InChI is InChI=1S/C11H19N3/c1-4-12-11-10(6-5-7-13-11)8-14-9(2)3/h5-7,9,14H,4,8H2,1-3H3,(H,12,13). The molecular weight excluding hydrogens is 174 g/mol. The molecule has 0 amide bonds. The fourth-order valence-corrected chi connectivity index (χ4v) is 1.22. The van der Waals surface area contributed by atoms with Crippen LogP contribution in [0.4, 0.5) is 5.82 Å². The molecule has 1 rings (SSSR count). The second kappa shape index (κ2) is 5.60. The minimum atomic E-state index is 0.504. The van der Waals surface area contributed by atoms with E-state index in [9.17, 15) is 0 Å². The molecule has 0 saturated heterocycles. The average molecular weight is 193 g/mol. The molecule has 0 aliphatic carbocycles. The Kier molecular flexibility index (Phi) is 4.40. The molecule has 1 aromatic heterocycles. The first-order valence-corrected chi connectivity index (χ1v) is 5.15. The van der Waals surface area contributed by atoms with Crippen molar-refractivity contribution in [3.63, 3.8) is 0 Å². The van der Waals surface area contributed by atoms with Gasteiger partial charge in [0.2, 0.25) is 0 Å². The quantitative estimate of drug-likeness (QED) is 0.751. The van der Waals surface area contributed by atoms with Gasteiger partial charge >= 0.3 is 0 Å². The van der Waals surface area contributed by atoms with Gasteiger partial charge in [0.25, 0.3) is 0 Å². The van der Waals surface area contributed by atoms with Crippen LogP contribution >= 0.6 is 0 Å². The second-order valence-electron chi connectivity index (χ2n) is 3.58. The van der Waals surface area contributed by atoms with Gasteiger partial charge in [-0.15, -0.1) is 0 Å². The highest BCUT2D eigenvalue weighted by atomic mass is 15.0. The van der Waals surface area contributed by atoms with E-state index in [4.69, 9.17) is 0 Å². The largest absolute Gasteiger partial charge is 0.370 e. The van der Waals surface area contributed by atoms with Gasteiger partial charge < -0.3 is 10.6 Å². The van der Waals surface area contributed by atoms with E-state index in [0.29, 0.717) is 6.04 Å². The molecule has 0 aliphatic rings. The molecule has 14 heavy (non-hydrogen) atoms. The molecule has 78 valence electrons. The van der Waals surface area contributed by atoms with Crippen LogP contribution < -0.4 is 10.6 Å². The Labute approximate surface area is 85.9 Å². The van der Waals surface area contributed by atoms with Crippen LogP contribution in [0.15, 0.2) is 18.3 Å². The van der Waals surface area contributed by atoms with E-state index in [0.717, 1.165) is 18.9 Å². The lowest BCUT2D eigenvalue weighted by Gasteiger charge is -2.11. The van der Waals surface area contributed by atoms with E-state index in [2.05, 4.69) is 42.5 Å². The summed E-state index contributed by atoms with van der Waals surface area (Å²) in [5, 5.41) is 6.63. The lowest BCUT2D eigenvalue weighted by molar-refractivity contribution is 0.588. The highest BCUT2D eigenvalue weighted by Crippen LogP contribution is 2.10. The molecule has 0 radical (unpaired) electrons. The van der Waals surface area contributed by atoms with Crippen molar-refractivity contribution in [2.24, 2.45) is 0 Å². The predicted octanol–water partition coefficient (Wildman–Crippen LogP) is 2.01.